The van der Waals surface area contributed by atoms with Gasteiger partial charge in [-0.1, -0.05) is 35.6 Å². The molecule has 0 aliphatic rings. The van der Waals surface area contributed by atoms with Crippen molar-refractivity contribution >= 4 is 34.4 Å². The van der Waals surface area contributed by atoms with Gasteiger partial charge in [-0.3, -0.25) is 0 Å². The molecule has 3 aromatic rings. The second-order valence-electron chi connectivity index (χ2n) is 5.92. The van der Waals surface area contributed by atoms with Crippen LogP contribution in [0.3, 0.4) is 0 Å². The van der Waals surface area contributed by atoms with Crippen LogP contribution in [-0.2, 0) is 13.2 Å². The predicted octanol–water partition coefficient (Wildman–Crippen LogP) is 3.24. The number of aromatic nitrogens is 2. The Morgan fingerprint density at radius 3 is 2.85 bits per heavy atom. The van der Waals surface area contributed by atoms with E-state index >= 15 is 0 Å². The lowest BCUT2D eigenvalue weighted by Crippen LogP contribution is -3.07. The van der Waals surface area contributed by atoms with Gasteiger partial charge in [0.2, 0.25) is 5.13 Å². The molecular weight excluding hydrogens is 371 g/mol. The maximum atomic E-state index is 13.3. The minimum Gasteiger partial charge on any atom is -0.495 e. The lowest BCUT2D eigenvalue weighted by molar-refractivity contribution is -0.917. The minimum absolute atomic E-state index is 0.219. The summed E-state index contributed by atoms with van der Waals surface area (Å²) in [5.41, 5.74) is 1.78. The fourth-order valence-corrected chi connectivity index (χ4v) is 3.65. The Bertz CT molecular complexity index is 941. The Morgan fingerprint density at radius 2 is 2.08 bits per heavy atom. The van der Waals surface area contributed by atoms with Crippen molar-refractivity contribution in [3.05, 3.63) is 63.9 Å². The molecule has 0 saturated heterocycles. The summed E-state index contributed by atoms with van der Waals surface area (Å²) < 4.78 is 21.1. The van der Waals surface area contributed by atoms with Crippen LogP contribution in [0.25, 0.3) is 0 Å². The summed E-state index contributed by atoms with van der Waals surface area (Å²) in [6.07, 6.45) is 0. The molecule has 8 heteroatoms. The molecule has 1 unspecified atom stereocenters. The van der Waals surface area contributed by atoms with E-state index in [-0.39, 0.29) is 5.82 Å². The summed E-state index contributed by atoms with van der Waals surface area (Å²) in [5, 5.41) is 8.51. The molecule has 0 aliphatic heterocycles. The molecule has 1 heterocycles. The van der Waals surface area contributed by atoms with Gasteiger partial charge in [-0.2, -0.15) is 4.68 Å². The molecule has 0 saturated carbocycles. The van der Waals surface area contributed by atoms with Crippen LogP contribution in [0.2, 0.25) is 0 Å². The van der Waals surface area contributed by atoms with Gasteiger partial charge in [-0.25, -0.2) is 4.39 Å². The van der Waals surface area contributed by atoms with E-state index in [9.17, 15) is 4.39 Å². The molecule has 0 amide bonds. The van der Waals surface area contributed by atoms with Crippen molar-refractivity contribution in [3.63, 3.8) is 0 Å². The lowest BCUT2D eigenvalue weighted by atomic mass is 10.2. The Hall–Kier alpha value is -2.29. The number of ether oxygens (including phenoxy) is 1. The van der Waals surface area contributed by atoms with E-state index < -0.39 is 0 Å². The van der Waals surface area contributed by atoms with Gasteiger partial charge in [-0.15, -0.1) is 5.10 Å². The zero-order valence-electron chi connectivity index (χ0n) is 14.5. The van der Waals surface area contributed by atoms with Crippen molar-refractivity contribution in [2.75, 3.05) is 19.5 Å². The largest absolute Gasteiger partial charge is 0.495 e. The Labute approximate surface area is 160 Å². The smallest absolute Gasteiger partial charge is 0.209 e. The number of para-hydroxylation sites is 2. The topological polar surface area (TPSA) is 43.5 Å². The quantitative estimate of drug-likeness (QED) is 0.607. The van der Waals surface area contributed by atoms with Gasteiger partial charge in [-0.05, 0) is 36.5 Å². The molecule has 1 aromatic heterocycles. The van der Waals surface area contributed by atoms with E-state index in [2.05, 4.69) is 10.4 Å². The van der Waals surface area contributed by atoms with E-state index in [1.165, 1.54) is 17.4 Å². The second-order valence-corrected chi connectivity index (χ2v) is 7.54. The summed E-state index contributed by atoms with van der Waals surface area (Å²) in [6, 6.07) is 14.3. The van der Waals surface area contributed by atoms with Crippen LogP contribution in [0.1, 0.15) is 5.56 Å². The number of anilines is 2. The van der Waals surface area contributed by atoms with Crippen molar-refractivity contribution < 1.29 is 14.0 Å². The zero-order valence-corrected chi connectivity index (χ0v) is 16.2. The van der Waals surface area contributed by atoms with E-state index in [0.29, 0.717) is 22.3 Å². The molecular formula is C18H20FN4OS2+. The molecule has 2 aromatic carbocycles. The van der Waals surface area contributed by atoms with E-state index in [4.69, 9.17) is 17.0 Å². The SMILES string of the molecule is COc1ccccc1Nc1nn(C[NH+](C)Cc2cccc(F)c2)c(=S)s1. The number of nitrogens with one attached hydrogen (secondary N) is 2. The van der Waals surface area contributed by atoms with Crippen LogP contribution in [0.5, 0.6) is 5.75 Å². The van der Waals surface area contributed by atoms with Gasteiger partial charge in [0.25, 0.3) is 0 Å². The van der Waals surface area contributed by atoms with Crippen molar-refractivity contribution in [1.82, 2.24) is 9.78 Å². The molecule has 26 heavy (non-hydrogen) atoms. The van der Waals surface area contributed by atoms with Crippen molar-refractivity contribution in [1.29, 1.82) is 0 Å². The molecule has 136 valence electrons. The zero-order chi connectivity index (χ0) is 18.5. The van der Waals surface area contributed by atoms with Crippen LogP contribution in [-0.4, -0.2) is 23.9 Å². The molecule has 5 nitrogen and oxygen atoms in total. The van der Waals surface area contributed by atoms with Crippen LogP contribution >= 0.6 is 23.6 Å². The molecule has 0 bridgehead atoms. The Morgan fingerprint density at radius 1 is 1.27 bits per heavy atom. The Kier molecular flexibility index (Phi) is 5.97. The molecule has 0 spiro atoms. The van der Waals surface area contributed by atoms with Crippen LogP contribution in [0, 0.1) is 9.77 Å². The molecule has 0 radical (unpaired) electrons. The van der Waals surface area contributed by atoms with Crippen LogP contribution < -0.4 is 15.0 Å². The summed E-state index contributed by atoms with van der Waals surface area (Å²) in [6.45, 7) is 1.28. The van der Waals surface area contributed by atoms with Gasteiger partial charge in [0.1, 0.15) is 18.1 Å². The number of hydrogen-bond acceptors (Lipinski definition) is 5. The highest BCUT2D eigenvalue weighted by Gasteiger charge is 2.11. The van der Waals surface area contributed by atoms with Crippen LogP contribution in [0.4, 0.5) is 15.2 Å². The van der Waals surface area contributed by atoms with Crippen molar-refractivity contribution in [2.45, 2.75) is 13.2 Å². The number of hydrogen-bond donors (Lipinski definition) is 2. The first kappa shape index (κ1) is 18.5. The summed E-state index contributed by atoms with van der Waals surface area (Å²) >= 11 is 6.83. The fraction of sp³-hybridized carbons (Fsp3) is 0.222. The maximum absolute atomic E-state index is 13.3. The van der Waals surface area contributed by atoms with Gasteiger partial charge in [0.15, 0.2) is 10.6 Å². The van der Waals surface area contributed by atoms with E-state index in [0.717, 1.165) is 21.9 Å². The predicted molar refractivity (Wildman–Crippen MR) is 104 cm³/mol. The lowest BCUT2D eigenvalue weighted by Gasteiger charge is -2.13. The number of benzene rings is 2. The second kappa shape index (κ2) is 8.39. The first-order valence-electron chi connectivity index (χ1n) is 8.09. The highest BCUT2D eigenvalue weighted by molar-refractivity contribution is 7.73. The number of halogens is 1. The number of nitrogens with zero attached hydrogens (tertiary/aromatic N) is 2. The fourth-order valence-electron chi connectivity index (χ4n) is 2.63. The van der Waals surface area contributed by atoms with Gasteiger partial charge in [0.05, 0.1) is 19.8 Å². The van der Waals surface area contributed by atoms with Gasteiger partial charge >= 0.3 is 0 Å². The summed E-state index contributed by atoms with van der Waals surface area (Å²) in [5.74, 6) is 0.526. The monoisotopic (exact) mass is 391 g/mol. The normalized spacial score (nSPS) is 12.0. The molecule has 3 rings (SSSR count). The van der Waals surface area contributed by atoms with E-state index in [1.807, 2.05) is 37.4 Å². The third kappa shape index (κ3) is 4.66. The molecule has 0 fully saturated rings. The minimum atomic E-state index is -0.219. The average Bonchev–Trinajstić information content (AvgIpc) is 2.94. The average molecular weight is 392 g/mol. The number of methoxy groups -OCH3 is 1. The third-order valence-electron chi connectivity index (χ3n) is 3.77. The summed E-state index contributed by atoms with van der Waals surface area (Å²) in [4.78, 5) is 1.15. The highest BCUT2D eigenvalue weighted by Crippen LogP contribution is 2.28. The molecule has 2 N–H and O–H groups in total. The van der Waals surface area contributed by atoms with Gasteiger partial charge in [0, 0.05) is 5.56 Å². The van der Waals surface area contributed by atoms with Crippen molar-refractivity contribution in [3.8, 4) is 5.75 Å². The van der Waals surface area contributed by atoms with E-state index in [1.54, 1.807) is 23.9 Å². The van der Waals surface area contributed by atoms with Gasteiger partial charge < -0.3 is 15.0 Å². The van der Waals surface area contributed by atoms with Crippen LogP contribution in [0.15, 0.2) is 48.5 Å². The number of quaternary nitrogens is 1. The first-order chi connectivity index (χ1) is 12.5. The maximum Gasteiger partial charge on any atom is 0.209 e. The summed E-state index contributed by atoms with van der Waals surface area (Å²) in [7, 11) is 3.66. The molecule has 1 atom stereocenters. The standard InChI is InChI=1S/C18H19FN4OS2/c1-22(11-13-6-5-7-14(19)10-13)12-23-18(25)26-17(21-23)20-15-8-3-4-9-16(15)24-2/h3-10H,11-12H2,1-2H3,(H,20,21)/p+1. The first-order valence-corrected chi connectivity index (χ1v) is 9.31. The highest BCUT2D eigenvalue weighted by atomic mass is 32.1. The third-order valence-corrected chi connectivity index (χ3v) is 4.99. The van der Waals surface area contributed by atoms with Crippen molar-refractivity contribution in [2.24, 2.45) is 0 Å². The Balaban J connectivity index is 1.69. The number of rotatable bonds is 7. The molecule has 0 aliphatic carbocycles.